The summed E-state index contributed by atoms with van der Waals surface area (Å²) in [6.45, 7) is 18.7. The lowest BCUT2D eigenvalue weighted by Crippen LogP contribution is -2.26. The first-order valence-electron chi connectivity index (χ1n) is 35.8. The maximum atomic E-state index is 12.5. The molecule has 4 aromatic heterocycles. The van der Waals surface area contributed by atoms with E-state index >= 15 is 0 Å². The van der Waals surface area contributed by atoms with Crippen molar-refractivity contribution in [3.8, 4) is 11.5 Å². The zero-order chi connectivity index (χ0) is 79.5. The van der Waals surface area contributed by atoms with E-state index in [0.29, 0.717) is 57.1 Å². The van der Waals surface area contributed by atoms with Crippen molar-refractivity contribution in [1.82, 2.24) is 59.8 Å². The molecule has 2 unspecified atom stereocenters. The number of ether oxygens (including phenoxy) is 2. The summed E-state index contributed by atoms with van der Waals surface area (Å²) >= 11 is 0. The fraction of sp³-hybridized carbons (Fsp3) is 0.300. The van der Waals surface area contributed by atoms with Crippen molar-refractivity contribution in [3.63, 3.8) is 0 Å². The SMILES string of the molecule is CCCCC(CC)C(=O)Nc1nc(C)nc(NC(=O)C(CC)CCCC)n1.COc1ccccc1C(=O)Nc1nc(C)nc(NC(=O)c2ccccc2OC)n1.Cc1cccc(C(=O)Nc2nc(C)nc(NC(=O)c3cccc(C)c3)n2)c1.Cc1nc(NC(=O)Cc2ccccc2)nc(NC(=O)Cc2ccccc2)n1. The van der Waals surface area contributed by atoms with Crippen LogP contribution in [0.3, 0.4) is 0 Å². The summed E-state index contributed by atoms with van der Waals surface area (Å²) in [6.07, 6.45) is 7.80. The van der Waals surface area contributed by atoms with Crippen molar-refractivity contribution in [3.05, 3.63) is 226 Å². The molecular weight excluding hydrogens is 1400 g/mol. The van der Waals surface area contributed by atoms with Gasteiger partial charge in [-0.05, 0) is 127 Å². The lowest BCUT2D eigenvalue weighted by molar-refractivity contribution is -0.121. The average molecular weight is 1490 g/mol. The Bertz CT molecular complexity index is 4500. The van der Waals surface area contributed by atoms with Crippen molar-refractivity contribution in [2.75, 3.05) is 56.8 Å². The van der Waals surface area contributed by atoms with Crippen LogP contribution in [0.2, 0.25) is 0 Å². The van der Waals surface area contributed by atoms with Crippen molar-refractivity contribution in [1.29, 1.82) is 0 Å². The first-order chi connectivity index (χ1) is 52.9. The number of aryl methyl sites for hydroxylation is 6. The van der Waals surface area contributed by atoms with Gasteiger partial charge in [0.05, 0.1) is 38.2 Å². The number of methoxy groups -OCH3 is 2. The number of nitrogens with zero attached hydrogens (tertiary/aromatic N) is 12. The number of hydrogen-bond acceptors (Lipinski definition) is 22. The third-order valence-corrected chi connectivity index (χ3v) is 16.1. The number of amides is 8. The number of nitrogens with one attached hydrogen (secondary N) is 8. The highest BCUT2D eigenvalue weighted by Gasteiger charge is 2.23. The Labute approximate surface area is 638 Å². The fourth-order valence-corrected chi connectivity index (χ4v) is 10.6. The van der Waals surface area contributed by atoms with E-state index in [1.807, 2.05) is 100 Å². The average Bonchev–Trinajstić information content (AvgIpc) is 0.847. The lowest BCUT2D eigenvalue weighted by atomic mass is 9.98. The number of hydrogen-bond donors (Lipinski definition) is 8. The Morgan fingerprint density at radius 1 is 0.327 bits per heavy atom. The van der Waals surface area contributed by atoms with Crippen LogP contribution in [0.25, 0.3) is 0 Å². The van der Waals surface area contributed by atoms with Gasteiger partial charge in [-0.1, -0.05) is 174 Å². The zero-order valence-electron chi connectivity index (χ0n) is 63.7. The topological polar surface area (TPSA) is 406 Å². The van der Waals surface area contributed by atoms with Crippen LogP contribution in [0.1, 0.15) is 166 Å². The third-order valence-electron chi connectivity index (χ3n) is 16.1. The molecule has 0 radical (unpaired) electrons. The predicted molar refractivity (Wildman–Crippen MR) is 420 cm³/mol. The monoisotopic (exact) mass is 1490 g/mol. The Morgan fingerprint density at radius 2 is 0.618 bits per heavy atom. The summed E-state index contributed by atoms with van der Waals surface area (Å²) in [5.41, 5.74) is 5.37. The predicted octanol–water partition coefficient (Wildman–Crippen LogP) is 13.0. The molecule has 30 nitrogen and oxygen atoms in total. The van der Waals surface area contributed by atoms with Gasteiger partial charge in [0.25, 0.3) is 23.6 Å². The maximum absolute atomic E-state index is 12.5. The molecular formula is C80H92N20O10. The van der Waals surface area contributed by atoms with Gasteiger partial charge in [0.2, 0.25) is 71.2 Å². The van der Waals surface area contributed by atoms with E-state index in [0.717, 1.165) is 73.6 Å². The highest BCUT2D eigenvalue weighted by atomic mass is 16.5. The van der Waals surface area contributed by atoms with Crippen molar-refractivity contribution < 1.29 is 47.8 Å². The molecule has 0 bridgehead atoms. The first-order valence-corrected chi connectivity index (χ1v) is 35.8. The van der Waals surface area contributed by atoms with Crippen LogP contribution in [0, 0.1) is 53.4 Å². The van der Waals surface area contributed by atoms with Gasteiger partial charge in [-0.25, -0.2) is 0 Å². The molecule has 0 spiro atoms. The molecule has 4 heterocycles. The van der Waals surface area contributed by atoms with Gasteiger partial charge in [0, 0.05) is 23.0 Å². The smallest absolute Gasteiger partial charge is 0.261 e. The fourth-order valence-electron chi connectivity index (χ4n) is 10.6. The summed E-state index contributed by atoms with van der Waals surface area (Å²) in [6, 6.07) is 46.6. The molecule has 0 aliphatic carbocycles. The van der Waals surface area contributed by atoms with Crippen LogP contribution in [-0.4, -0.2) is 121 Å². The molecule has 6 aromatic carbocycles. The molecule has 30 heteroatoms. The Hall–Kier alpha value is -13.3. The van der Waals surface area contributed by atoms with Crippen molar-refractivity contribution >= 4 is 94.8 Å². The van der Waals surface area contributed by atoms with E-state index in [9.17, 15) is 38.4 Å². The quantitative estimate of drug-likeness (QED) is 0.0226. The lowest BCUT2D eigenvalue weighted by Gasteiger charge is -2.15. The Balaban J connectivity index is 0.000000204. The zero-order valence-corrected chi connectivity index (χ0v) is 63.7. The normalized spacial score (nSPS) is 10.9. The molecule has 0 aliphatic rings. The number of carbonyl (C=O) groups excluding carboxylic acids is 8. The van der Waals surface area contributed by atoms with Crippen molar-refractivity contribution in [2.24, 2.45) is 11.8 Å². The molecule has 10 rings (SSSR count). The van der Waals surface area contributed by atoms with E-state index in [1.165, 1.54) is 14.2 Å². The molecule has 0 saturated heterocycles. The minimum absolute atomic E-state index is 0.00346. The standard InChI is InChI=1S/C20H19N5O4.2C20H19N5O2.C20H35N5O2/c1-12-21-19(23-17(26)13-8-4-6-10-15(13)28-2)25-20(22-12)24-18(27)14-9-5-7-11-16(14)29-3;1-12-6-4-8-15(10-12)17(26)23-19-21-14(3)22-20(25-19)24-18(27)16-9-5-7-13(2)11-16;1-14-21-19(23-17(26)12-15-8-4-2-5-9-15)25-20(22-14)24-18(27)13-16-10-6-3-7-11-16;1-6-10-12-15(8-3)17(26)23-19-21-14(5)22-20(25-19)24-18(27)16(9-4)13-11-7-2/h4-11H,1-3H3,(H2,21,22,23,24,25,26,27);4-11H,1-3H3,(H2,21,22,23,24,25,26,27);2-11H,12-13H2,1H3,(H2,21,22,23,24,25,26,27);15-16H,6-13H2,1-5H3,(H2,21,22,23,24,25,26,27). The van der Waals surface area contributed by atoms with Crippen LogP contribution in [0.5, 0.6) is 11.5 Å². The number of anilines is 8. The van der Waals surface area contributed by atoms with Crippen LogP contribution >= 0.6 is 0 Å². The van der Waals surface area contributed by atoms with Crippen LogP contribution < -0.4 is 52.0 Å². The molecule has 8 amide bonds. The largest absolute Gasteiger partial charge is 0.496 e. The second-order valence-corrected chi connectivity index (χ2v) is 25.0. The van der Waals surface area contributed by atoms with E-state index in [-0.39, 0.29) is 108 Å². The molecule has 572 valence electrons. The Kier molecular flexibility index (Phi) is 33.1. The van der Waals surface area contributed by atoms with Gasteiger partial charge in [0.1, 0.15) is 34.8 Å². The molecule has 0 saturated carbocycles. The van der Waals surface area contributed by atoms with E-state index < -0.39 is 11.8 Å². The van der Waals surface area contributed by atoms with Gasteiger partial charge >= 0.3 is 0 Å². The number of rotatable bonds is 28. The second kappa shape index (κ2) is 43.4. The molecule has 10 aromatic rings. The number of unbranched alkanes of at least 4 members (excludes halogenated alkanes) is 2. The summed E-state index contributed by atoms with van der Waals surface area (Å²) in [4.78, 5) is 149. The molecule has 2 atom stereocenters. The summed E-state index contributed by atoms with van der Waals surface area (Å²) in [5.74, 6) is 0.839. The minimum atomic E-state index is -0.449. The van der Waals surface area contributed by atoms with Gasteiger partial charge in [-0.15, -0.1) is 0 Å². The van der Waals surface area contributed by atoms with E-state index in [2.05, 4.69) is 116 Å². The Morgan fingerprint density at radius 3 is 0.918 bits per heavy atom. The number of carbonyl (C=O) groups is 8. The first kappa shape index (κ1) is 84.0. The van der Waals surface area contributed by atoms with Crippen molar-refractivity contribution in [2.45, 2.75) is 133 Å². The number of para-hydroxylation sites is 2. The summed E-state index contributed by atoms with van der Waals surface area (Å²) in [5, 5.41) is 21.3. The minimum Gasteiger partial charge on any atom is -0.496 e. The molecule has 8 N–H and O–H groups in total. The van der Waals surface area contributed by atoms with Crippen LogP contribution in [-0.2, 0) is 32.0 Å². The second-order valence-electron chi connectivity index (χ2n) is 25.0. The maximum Gasteiger partial charge on any atom is 0.261 e. The summed E-state index contributed by atoms with van der Waals surface area (Å²) in [7, 11) is 2.95. The van der Waals surface area contributed by atoms with Gasteiger partial charge in [-0.3, -0.25) is 80.9 Å². The summed E-state index contributed by atoms with van der Waals surface area (Å²) < 4.78 is 10.4. The van der Waals surface area contributed by atoms with E-state index in [1.54, 1.807) is 113 Å². The molecule has 0 aliphatic heterocycles. The van der Waals surface area contributed by atoms with Gasteiger partial charge < -0.3 is 9.47 Å². The van der Waals surface area contributed by atoms with Crippen LogP contribution in [0.15, 0.2) is 158 Å². The molecule has 0 fully saturated rings. The van der Waals surface area contributed by atoms with E-state index in [4.69, 9.17) is 9.47 Å². The number of benzene rings is 6. The number of aromatic nitrogens is 12. The van der Waals surface area contributed by atoms with Crippen LogP contribution in [0.4, 0.5) is 47.6 Å². The van der Waals surface area contributed by atoms with Gasteiger partial charge in [0.15, 0.2) is 0 Å². The highest BCUT2D eigenvalue weighted by molar-refractivity contribution is 6.07. The highest BCUT2D eigenvalue weighted by Crippen LogP contribution is 2.23. The van der Waals surface area contributed by atoms with Gasteiger partial charge in [-0.2, -0.15) is 59.8 Å². The molecule has 110 heavy (non-hydrogen) atoms. The third kappa shape index (κ3) is 27.9.